The zero-order chi connectivity index (χ0) is 17.8. The summed E-state index contributed by atoms with van der Waals surface area (Å²) in [5, 5.41) is 0. The van der Waals surface area contributed by atoms with Gasteiger partial charge in [0.15, 0.2) is 0 Å². The van der Waals surface area contributed by atoms with Crippen molar-refractivity contribution in [3.63, 3.8) is 0 Å². The molecular weight excluding hydrogens is 318 g/mol. The van der Waals surface area contributed by atoms with Crippen LogP contribution in [0, 0.1) is 5.92 Å². The van der Waals surface area contributed by atoms with Crippen molar-refractivity contribution in [2.24, 2.45) is 11.7 Å². The first-order chi connectivity index (χ1) is 12.8. The highest BCUT2D eigenvalue weighted by Gasteiger charge is 2.34. The van der Waals surface area contributed by atoms with E-state index in [4.69, 9.17) is 5.73 Å². The van der Waals surface area contributed by atoms with Gasteiger partial charge in [-0.05, 0) is 48.4 Å². The van der Waals surface area contributed by atoms with Crippen molar-refractivity contribution in [2.45, 2.75) is 38.4 Å². The average Bonchev–Trinajstić information content (AvgIpc) is 2.95. The number of benzene rings is 2. The fourth-order valence-corrected chi connectivity index (χ4v) is 4.65. The van der Waals surface area contributed by atoms with Gasteiger partial charge in [-0.2, -0.15) is 0 Å². The molecule has 2 aromatic carbocycles. The maximum absolute atomic E-state index is 5.66. The topological polar surface area (TPSA) is 32.5 Å². The molecular formula is C23H31N3. The fourth-order valence-electron chi connectivity index (χ4n) is 4.65. The van der Waals surface area contributed by atoms with Crippen molar-refractivity contribution in [1.29, 1.82) is 0 Å². The molecule has 3 heteroatoms. The van der Waals surface area contributed by atoms with Crippen molar-refractivity contribution in [2.75, 3.05) is 26.2 Å². The van der Waals surface area contributed by atoms with Gasteiger partial charge in [0.25, 0.3) is 0 Å². The molecule has 138 valence electrons. The monoisotopic (exact) mass is 349 g/mol. The minimum atomic E-state index is 0.700. The number of nitrogens with two attached hydrogens (primary N) is 1. The van der Waals surface area contributed by atoms with Gasteiger partial charge in [0.2, 0.25) is 0 Å². The molecule has 3 aliphatic heterocycles. The zero-order valence-corrected chi connectivity index (χ0v) is 15.7. The van der Waals surface area contributed by atoms with E-state index in [1.165, 1.54) is 49.2 Å². The van der Waals surface area contributed by atoms with Crippen LogP contribution in [0.4, 0.5) is 0 Å². The molecule has 2 atom stereocenters. The first-order valence-electron chi connectivity index (χ1n) is 10.1. The molecule has 3 heterocycles. The number of nitrogens with zero attached hydrogens (tertiary/aromatic N) is 2. The summed E-state index contributed by atoms with van der Waals surface area (Å²) in [5.41, 5.74) is 9.89. The molecule has 5 rings (SSSR count). The van der Waals surface area contributed by atoms with Gasteiger partial charge in [0.1, 0.15) is 0 Å². The van der Waals surface area contributed by atoms with Crippen LogP contribution in [0.2, 0.25) is 0 Å². The van der Waals surface area contributed by atoms with Gasteiger partial charge in [0.05, 0.1) is 0 Å². The van der Waals surface area contributed by atoms with Crippen LogP contribution in [-0.4, -0.2) is 42.0 Å². The lowest BCUT2D eigenvalue weighted by molar-refractivity contribution is 0.123. The van der Waals surface area contributed by atoms with E-state index in [1.807, 2.05) is 0 Å². The van der Waals surface area contributed by atoms with Gasteiger partial charge in [-0.25, -0.2) is 0 Å². The highest BCUT2D eigenvalue weighted by molar-refractivity contribution is 5.23. The molecule has 0 spiro atoms. The zero-order valence-electron chi connectivity index (χ0n) is 15.7. The van der Waals surface area contributed by atoms with Gasteiger partial charge < -0.3 is 5.73 Å². The molecule has 3 aliphatic rings. The lowest BCUT2D eigenvalue weighted by Crippen LogP contribution is -2.43. The van der Waals surface area contributed by atoms with E-state index < -0.39 is 0 Å². The number of piperidine rings is 1. The lowest BCUT2D eigenvalue weighted by Gasteiger charge is -2.36. The summed E-state index contributed by atoms with van der Waals surface area (Å²) in [5.74, 6) is 0.814. The van der Waals surface area contributed by atoms with E-state index in [9.17, 15) is 0 Å². The Balaban J connectivity index is 1.39. The molecule has 26 heavy (non-hydrogen) atoms. The van der Waals surface area contributed by atoms with Crippen molar-refractivity contribution in [1.82, 2.24) is 9.80 Å². The van der Waals surface area contributed by atoms with Crippen molar-refractivity contribution < 1.29 is 0 Å². The molecule has 0 amide bonds. The van der Waals surface area contributed by atoms with Crippen molar-refractivity contribution >= 4 is 0 Å². The summed E-state index contributed by atoms with van der Waals surface area (Å²) in [4.78, 5) is 5.42. The van der Waals surface area contributed by atoms with Gasteiger partial charge in [-0.1, -0.05) is 54.6 Å². The molecule has 0 saturated carbocycles. The second-order valence-corrected chi connectivity index (χ2v) is 8.06. The molecule has 3 fully saturated rings. The van der Waals surface area contributed by atoms with Gasteiger partial charge in [0, 0.05) is 38.8 Å². The van der Waals surface area contributed by atoms with E-state index in [2.05, 4.69) is 64.4 Å². The summed E-state index contributed by atoms with van der Waals surface area (Å²) < 4.78 is 0. The average molecular weight is 350 g/mol. The molecule has 0 aliphatic carbocycles. The van der Waals surface area contributed by atoms with Crippen LogP contribution in [0.15, 0.2) is 54.6 Å². The second kappa shape index (κ2) is 8.34. The molecule has 0 radical (unpaired) electrons. The quantitative estimate of drug-likeness (QED) is 0.869. The SMILES string of the molecule is NCCc1ccc(CN2C[C@H]3CC[C@@H](C2)N(Cc2ccccc2)C3)cc1. The summed E-state index contributed by atoms with van der Waals surface area (Å²) in [6, 6.07) is 20.7. The number of hydrogen-bond donors (Lipinski definition) is 1. The first kappa shape index (κ1) is 17.7. The van der Waals surface area contributed by atoms with Crippen molar-refractivity contribution in [3.8, 4) is 0 Å². The second-order valence-electron chi connectivity index (χ2n) is 8.06. The van der Waals surface area contributed by atoms with E-state index in [0.29, 0.717) is 6.04 Å². The maximum Gasteiger partial charge on any atom is 0.0237 e. The van der Waals surface area contributed by atoms with Crippen LogP contribution in [0.5, 0.6) is 0 Å². The molecule has 0 aromatic heterocycles. The number of hydrogen-bond acceptors (Lipinski definition) is 3. The Kier molecular flexibility index (Phi) is 5.68. The van der Waals surface area contributed by atoms with Crippen molar-refractivity contribution in [3.05, 3.63) is 71.3 Å². The summed E-state index contributed by atoms with van der Waals surface area (Å²) in [6.07, 6.45) is 3.72. The van der Waals surface area contributed by atoms with Crippen LogP contribution in [-0.2, 0) is 19.5 Å². The van der Waals surface area contributed by atoms with E-state index in [-0.39, 0.29) is 0 Å². The third-order valence-electron chi connectivity index (χ3n) is 5.99. The Labute approximate surface area is 157 Å². The first-order valence-corrected chi connectivity index (χ1v) is 10.1. The minimum absolute atomic E-state index is 0.700. The molecule has 3 nitrogen and oxygen atoms in total. The van der Waals surface area contributed by atoms with Crippen LogP contribution >= 0.6 is 0 Å². The van der Waals surface area contributed by atoms with Crippen LogP contribution in [0.25, 0.3) is 0 Å². The lowest BCUT2D eigenvalue weighted by atomic mass is 9.94. The number of fused-ring (bicyclic) bond motifs is 4. The van der Waals surface area contributed by atoms with Gasteiger partial charge >= 0.3 is 0 Å². The minimum Gasteiger partial charge on any atom is -0.330 e. The fraction of sp³-hybridized carbons (Fsp3) is 0.478. The maximum atomic E-state index is 5.66. The Morgan fingerprint density at radius 2 is 1.50 bits per heavy atom. The summed E-state index contributed by atoms with van der Waals surface area (Å²) >= 11 is 0. The van der Waals surface area contributed by atoms with Crippen LogP contribution < -0.4 is 5.73 Å². The highest BCUT2D eigenvalue weighted by atomic mass is 15.3. The standard InChI is InChI=1S/C23H31N3/c24-13-12-19-6-8-21(9-7-19)14-25-15-22-10-11-23(18-25)26(17-22)16-20-4-2-1-3-5-20/h1-9,22-23H,10-18,24H2/t22-,23+/m1/s1. The highest BCUT2D eigenvalue weighted by Crippen LogP contribution is 2.30. The molecule has 0 unspecified atom stereocenters. The molecule has 2 bridgehead atoms. The molecule has 2 aromatic rings. The number of rotatable bonds is 6. The molecule has 3 saturated heterocycles. The predicted octanol–water partition coefficient (Wildman–Crippen LogP) is 3.28. The van der Waals surface area contributed by atoms with E-state index in [0.717, 1.165) is 32.0 Å². The van der Waals surface area contributed by atoms with E-state index in [1.54, 1.807) is 0 Å². The largest absolute Gasteiger partial charge is 0.330 e. The summed E-state index contributed by atoms with van der Waals surface area (Å²) in [7, 11) is 0. The smallest absolute Gasteiger partial charge is 0.0237 e. The third kappa shape index (κ3) is 4.35. The van der Waals surface area contributed by atoms with Crippen LogP contribution in [0.1, 0.15) is 29.5 Å². The normalized spacial score (nSPS) is 23.9. The molecule has 2 N–H and O–H groups in total. The van der Waals surface area contributed by atoms with E-state index >= 15 is 0 Å². The van der Waals surface area contributed by atoms with Gasteiger partial charge in [-0.3, -0.25) is 9.80 Å². The Bertz CT molecular complexity index is 682. The Hall–Kier alpha value is -1.68. The third-order valence-corrected chi connectivity index (χ3v) is 5.99. The summed E-state index contributed by atoms with van der Waals surface area (Å²) in [6.45, 7) is 6.61. The predicted molar refractivity (Wildman–Crippen MR) is 108 cm³/mol. The van der Waals surface area contributed by atoms with Gasteiger partial charge in [-0.15, -0.1) is 0 Å². The Morgan fingerprint density at radius 3 is 2.27 bits per heavy atom. The van der Waals surface area contributed by atoms with Crippen LogP contribution in [0.3, 0.4) is 0 Å². The Morgan fingerprint density at radius 1 is 0.769 bits per heavy atom.